The Labute approximate surface area is 185 Å². The van der Waals surface area contributed by atoms with Crippen molar-refractivity contribution < 1.29 is 4.79 Å². The zero-order valence-electron chi connectivity index (χ0n) is 17.5. The average Bonchev–Trinajstić information content (AvgIpc) is 3.27. The molecule has 31 heavy (non-hydrogen) atoms. The maximum atomic E-state index is 12.8. The molecule has 3 N–H and O–H groups in total. The van der Waals surface area contributed by atoms with E-state index in [4.69, 9.17) is 10.7 Å². The van der Waals surface area contributed by atoms with Crippen molar-refractivity contribution in [2.75, 3.05) is 18.0 Å². The number of thiophene rings is 1. The van der Waals surface area contributed by atoms with Crippen molar-refractivity contribution in [1.29, 1.82) is 0 Å². The van der Waals surface area contributed by atoms with Crippen molar-refractivity contribution in [2.24, 2.45) is 5.73 Å². The molecule has 1 aliphatic rings. The van der Waals surface area contributed by atoms with E-state index in [-0.39, 0.29) is 11.4 Å². The lowest BCUT2D eigenvalue weighted by Gasteiger charge is -2.37. The van der Waals surface area contributed by atoms with Crippen LogP contribution >= 0.6 is 11.3 Å². The number of amides is 1. The Balaban J connectivity index is 1.46. The molecule has 4 aromatic rings. The summed E-state index contributed by atoms with van der Waals surface area (Å²) >= 11 is 1.72. The Bertz CT molecular complexity index is 1240. The summed E-state index contributed by atoms with van der Waals surface area (Å²) in [4.78, 5) is 24.1. The van der Waals surface area contributed by atoms with Crippen LogP contribution in [0.25, 0.3) is 21.0 Å². The molecule has 0 aliphatic carbocycles. The first kappa shape index (κ1) is 19.9. The van der Waals surface area contributed by atoms with Crippen molar-refractivity contribution in [3.8, 4) is 0 Å². The van der Waals surface area contributed by atoms with Crippen LogP contribution in [0, 0.1) is 0 Å². The van der Waals surface area contributed by atoms with Gasteiger partial charge in [0.1, 0.15) is 5.82 Å². The van der Waals surface area contributed by atoms with E-state index < -0.39 is 0 Å². The molecule has 0 spiro atoms. The van der Waals surface area contributed by atoms with Crippen molar-refractivity contribution in [1.82, 2.24) is 15.3 Å². The highest BCUT2D eigenvalue weighted by Gasteiger charge is 2.28. The van der Waals surface area contributed by atoms with Crippen LogP contribution in [0.3, 0.4) is 0 Å². The summed E-state index contributed by atoms with van der Waals surface area (Å²) in [7, 11) is 0. The van der Waals surface area contributed by atoms with Gasteiger partial charge in [0.15, 0.2) is 0 Å². The highest BCUT2D eigenvalue weighted by molar-refractivity contribution is 7.18. The molecular formula is C24H25N5OS. The molecule has 1 aliphatic heterocycles. The maximum absolute atomic E-state index is 12.8. The largest absolute Gasteiger partial charge is 0.356 e. The Kier molecular flexibility index (Phi) is 5.08. The number of nitrogens with one attached hydrogen (secondary N) is 1. The van der Waals surface area contributed by atoms with Crippen LogP contribution in [0.1, 0.15) is 35.7 Å². The molecule has 1 amide bonds. The third-order valence-corrected chi connectivity index (χ3v) is 6.99. The second kappa shape index (κ2) is 7.90. The number of piperidine rings is 1. The minimum absolute atomic E-state index is 0.106. The first-order chi connectivity index (χ1) is 15.0. The van der Waals surface area contributed by atoms with E-state index in [9.17, 15) is 4.79 Å². The van der Waals surface area contributed by atoms with E-state index in [0.717, 1.165) is 48.2 Å². The number of pyridine rings is 2. The molecule has 6 nitrogen and oxygen atoms in total. The molecule has 7 heteroatoms. The maximum Gasteiger partial charge on any atom is 0.251 e. The normalized spacial score (nSPS) is 16.0. The summed E-state index contributed by atoms with van der Waals surface area (Å²) in [5.41, 5.74) is 8.70. The van der Waals surface area contributed by atoms with Gasteiger partial charge in [-0.3, -0.25) is 9.78 Å². The van der Waals surface area contributed by atoms with Gasteiger partial charge in [-0.1, -0.05) is 6.07 Å². The van der Waals surface area contributed by atoms with Crippen LogP contribution < -0.4 is 16.0 Å². The Hall–Kier alpha value is -3.03. The molecule has 0 radical (unpaired) electrons. The lowest BCUT2D eigenvalue weighted by Crippen LogP contribution is -2.48. The molecule has 1 fully saturated rings. The second-order valence-electron chi connectivity index (χ2n) is 8.51. The molecule has 3 aromatic heterocycles. The Morgan fingerprint density at radius 1 is 1.16 bits per heavy atom. The molecule has 1 saturated heterocycles. The monoisotopic (exact) mass is 431 g/mol. The van der Waals surface area contributed by atoms with Crippen LogP contribution in [-0.4, -0.2) is 34.5 Å². The number of carbonyl (C=O) groups is 1. The Morgan fingerprint density at radius 2 is 1.94 bits per heavy atom. The smallest absolute Gasteiger partial charge is 0.251 e. The van der Waals surface area contributed by atoms with Crippen molar-refractivity contribution in [2.45, 2.75) is 31.8 Å². The van der Waals surface area contributed by atoms with Gasteiger partial charge in [-0.05, 0) is 61.0 Å². The fourth-order valence-electron chi connectivity index (χ4n) is 4.08. The summed E-state index contributed by atoms with van der Waals surface area (Å²) in [6.07, 6.45) is 5.33. The van der Waals surface area contributed by atoms with E-state index in [1.807, 2.05) is 30.3 Å². The van der Waals surface area contributed by atoms with Gasteiger partial charge in [0.25, 0.3) is 5.91 Å². The predicted octanol–water partition coefficient (Wildman–Crippen LogP) is 4.09. The molecule has 0 unspecified atom stereocenters. The van der Waals surface area contributed by atoms with Crippen LogP contribution in [0.2, 0.25) is 0 Å². The van der Waals surface area contributed by atoms with Crippen molar-refractivity contribution in [3.05, 3.63) is 65.3 Å². The van der Waals surface area contributed by atoms with Crippen LogP contribution in [0.5, 0.6) is 0 Å². The second-order valence-corrected chi connectivity index (χ2v) is 9.43. The summed E-state index contributed by atoms with van der Waals surface area (Å²) in [5, 5.41) is 7.35. The van der Waals surface area contributed by atoms with Gasteiger partial charge in [-0.15, -0.1) is 11.3 Å². The topological polar surface area (TPSA) is 84.1 Å². The number of hydrogen-bond donors (Lipinski definition) is 2. The first-order valence-corrected chi connectivity index (χ1v) is 11.4. The molecular weight excluding hydrogens is 406 g/mol. The molecule has 5 rings (SSSR count). The predicted molar refractivity (Wildman–Crippen MR) is 127 cm³/mol. The standard InChI is InChI=1S/C24H25N5OS/c1-24(25)7-11-29(12-8-24)22-19-6-13-31-21(19)18-3-2-17(14-20(18)28-22)23(30)27-15-16-4-9-26-10-5-16/h2-6,9-10,13-14H,7-8,11-12,15,25H2,1H3,(H,27,30). The lowest BCUT2D eigenvalue weighted by molar-refractivity contribution is 0.0951. The molecule has 1 aromatic carbocycles. The number of nitrogens with zero attached hydrogens (tertiary/aromatic N) is 3. The Morgan fingerprint density at radius 3 is 2.71 bits per heavy atom. The number of carbonyl (C=O) groups excluding carboxylic acids is 1. The molecule has 0 atom stereocenters. The van der Waals surface area contributed by atoms with Gasteiger partial charge >= 0.3 is 0 Å². The number of rotatable bonds is 4. The number of fused-ring (bicyclic) bond motifs is 3. The minimum Gasteiger partial charge on any atom is -0.356 e. The highest BCUT2D eigenvalue weighted by Crippen LogP contribution is 2.37. The third-order valence-electron chi connectivity index (χ3n) is 6.04. The van der Waals surface area contributed by atoms with Gasteiger partial charge in [0.2, 0.25) is 0 Å². The number of nitrogens with two attached hydrogens (primary N) is 1. The van der Waals surface area contributed by atoms with E-state index in [1.165, 1.54) is 10.1 Å². The summed E-state index contributed by atoms with van der Waals surface area (Å²) in [5.74, 6) is 0.888. The minimum atomic E-state index is -0.110. The van der Waals surface area contributed by atoms with Gasteiger partial charge in [0.05, 0.1) is 5.52 Å². The van der Waals surface area contributed by atoms with E-state index in [0.29, 0.717) is 12.1 Å². The third kappa shape index (κ3) is 3.98. The SMILES string of the molecule is CC1(N)CCN(c2nc3cc(C(=O)NCc4ccncc4)ccc3c3sccc23)CC1. The first-order valence-electron chi connectivity index (χ1n) is 10.5. The zero-order valence-corrected chi connectivity index (χ0v) is 18.3. The summed E-state index contributed by atoms with van der Waals surface area (Å²) < 4.78 is 1.21. The molecule has 158 valence electrons. The number of benzene rings is 1. The van der Waals surface area contributed by atoms with Gasteiger partial charge < -0.3 is 16.0 Å². The van der Waals surface area contributed by atoms with E-state index >= 15 is 0 Å². The van der Waals surface area contributed by atoms with Crippen molar-refractivity contribution >= 4 is 44.1 Å². The lowest BCUT2D eigenvalue weighted by atomic mass is 9.91. The average molecular weight is 432 g/mol. The van der Waals surface area contributed by atoms with Gasteiger partial charge in [-0.2, -0.15) is 0 Å². The van der Waals surface area contributed by atoms with Crippen molar-refractivity contribution in [3.63, 3.8) is 0 Å². The van der Waals surface area contributed by atoms with Gasteiger partial charge in [-0.25, -0.2) is 4.98 Å². The summed E-state index contributed by atoms with van der Waals surface area (Å²) in [6, 6.07) is 11.7. The number of hydrogen-bond acceptors (Lipinski definition) is 6. The summed E-state index contributed by atoms with van der Waals surface area (Å²) in [6.45, 7) is 4.37. The number of aromatic nitrogens is 2. The fraction of sp³-hybridized carbons (Fsp3) is 0.292. The van der Waals surface area contributed by atoms with Crippen LogP contribution in [0.4, 0.5) is 5.82 Å². The van der Waals surface area contributed by atoms with Gasteiger partial charge in [0, 0.05) is 58.6 Å². The number of anilines is 1. The van der Waals surface area contributed by atoms with Crippen LogP contribution in [0.15, 0.2) is 54.2 Å². The quantitative estimate of drug-likeness (QED) is 0.508. The van der Waals surface area contributed by atoms with E-state index in [2.05, 4.69) is 33.6 Å². The molecule has 0 saturated carbocycles. The zero-order chi connectivity index (χ0) is 21.4. The highest BCUT2D eigenvalue weighted by atomic mass is 32.1. The van der Waals surface area contributed by atoms with Crippen LogP contribution in [-0.2, 0) is 6.54 Å². The molecule has 0 bridgehead atoms. The van der Waals surface area contributed by atoms with E-state index in [1.54, 1.807) is 23.7 Å². The fourth-order valence-corrected chi connectivity index (χ4v) is 5.01. The molecule has 4 heterocycles.